The number of likely N-dealkylation sites (tertiary alicyclic amines) is 1. The highest BCUT2D eigenvalue weighted by Crippen LogP contribution is 2.27. The van der Waals surface area contributed by atoms with Crippen LogP contribution in [0.15, 0.2) is 30.3 Å². The molecule has 2 N–H and O–H groups in total. The van der Waals surface area contributed by atoms with Crippen LogP contribution in [0.2, 0.25) is 0 Å². The smallest absolute Gasteiger partial charge is 0.0994 e. The van der Waals surface area contributed by atoms with Crippen molar-refractivity contribution in [2.75, 3.05) is 19.6 Å². The van der Waals surface area contributed by atoms with Crippen LogP contribution in [-0.4, -0.2) is 40.3 Å². The molecule has 16 heavy (non-hydrogen) atoms. The predicted octanol–water partition coefficient (Wildman–Crippen LogP) is 0.961. The van der Waals surface area contributed by atoms with Crippen molar-refractivity contribution in [2.24, 2.45) is 0 Å². The summed E-state index contributed by atoms with van der Waals surface area (Å²) in [6.07, 6.45) is 0. The quantitative estimate of drug-likeness (QED) is 0.799. The molecule has 0 spiro atoms. The van der Waals surface area contributed by atoms with Crippen molar-refractivity contribution < 1.29 is 10.2 Å². The molecule has 1 aromatic carbocycles. The maximum atomic E-state index is 10.4. The highest BCUT2D eigenvalue weighted by molar-refractivity contribution is 5.22. The zero-order valence-electron chi connectivity index (χ0n) is 9.85. The lowest BCUT2D eigenvalue weighted by molar-refractivity contribution is -0.112. The number of benzene rings is 1. The molecule has 1 atom stereocenters. The molecule has 1 aromatic rings. The molecule has 1 unspecified atom stereocenters. The van der Waals surface area contributed by atoms with Crippen LogP contribution in [0.4, 0.5) is 0 Å². The van der Waals surface area contributed by atoms with Crippen LogP contribution in [-0.2, 0) is 5.60 Å². The van der Waals surface area contributed by atoms with Gasteiger partial charge in [0.25, 0.3) is 0 Å². The van der Waals surface area contributed by atoms with E-state index in [4.69, 9.17) is 0 Å². The van der Waals surface area contributed by atoms with Crippen molar-refractivity contribution in [3.05, 3.63) is 35.9 Å². The van der Waals surface area contributed by atoms with E-state index in [9.17, 15) is 10.2 Å². The fourth-order valence-corrected chi connectivity index (χ4v) is 2.35. The van der Waals surface area contributed by atoms with E-state index in [0.717, 1.165) is 5.56 Å². The van der Waals surface area contributed by atoms with Gasteiger partial charge in [-0.1, -0.05) is 30.3 Å². The molecule has 88 valence electrons. The standard InChI is InChI=1S/C13H19NO2/c1-12(15)8-14(9-12)10-13(2,16)11-6-4-3-5-7-11/h3-7,15-16H,8-10H2,1-2H3. The van der Waals surface area contributed by atoms with Gasteiger partial charge in [0.1, 0.15) is 0 Å². The van der Waals surface area contributed by atoms with E-state index in [1.54, 1.807) is 0 Å². The van der Waals surface area contributed by atoms with Crippen molar-refractivity contribution in [3.63, 3.8) is 0 Å². The average Bonchev–Trinajstić information content (AvgIpc) is 2.16. The number of β-amino-alcohol motifs (C(OH)–C–C–N with tert-alkyl or cyclic N) is 2. The normalized spacial score (nSPS) is 23.5. The van der Waals surface area contributed by atoms with Crippen LogP contribution in [0.3, 0.4) is 0 Å². The summed E-state index contributed by atoms with van der Waals surface area (Å²) < 4.78 is 0. The van der Waals surface area contributed by atoms with E-state index in [2.05, 4.69) is 4.90 Å². The molecular weight excluding hydrogens is 202 g/mol. The van der Waals surface area contributed by atoms with Gasteiger partial charge in [0.05, 0.1) is 11.2 Å². The van der Waals surface area contributed by atoms with Crippen LogP contribution in [0.5, 0.6) is 0 Å². The molecule has 1 fully saturated rings. The summed E-state index contributed by atoms with van der Waals surface area (Å²) in [5, 5.41) is 20.0. The Bertz CT molecular complexity index is 351. The van der Waals surface area contributed by atoms with E-state index in [0.29, 0.717) is 19.6 Å². The largest absolute Gasteiger partial charge is 0.388 e. The minimum atomic E-state index is -0.849. The van der Waals surface area contributed by atoms with Gasteiger partial charge in [-0.2, -0.15) is 0 Å². The van der Waals surface area contributed by atoms with Crippen LogP contribution in [0.1, 0.15) is 19.4 Å². The highest BCUT2D eigenvalue weighted by Gasteiger charge is 2.39. The first-order chi connectivity index (χ1) is 7.39. The Morgan fingerprint density at radius 2 is 1.88 bits per heavy atom. The Kier molecular flexibility index (Phi) is 2.78. The topological polar surface area (TPSA) is 43.7 Å². The molecule has 0 amide bonds. The fraction of sp³-hybridized carbons (Fsp3) is 0.538. The molecule has 3 nitrogen and oxygen atoms in total. The van der Waals surface area contributed by atoms with Gasteiger partial charge in [-0.15, -0.1) is 0 Å². The van der Waals surface area contributed by atoms with Crippen molar-refractivity contribution >= 4 is 0 Å². The zero-order chi connectivity index (χ0) is 11.8. The molecule has 0 aromatic heterocycles. The Hall–Kier alpha value is -0.900. The maximum Gasteiger partial charge on any atom is 0.0994 e. The van der Waals surface area contributed by atoms with Gasteiger partial charge in [-0.05, 0) is 19.4 Å². The zero-order valence-corrected chi connectivity index (χ0v) is 9.85. The lowest BCUT2D eigenvalue weighted by Gasteiger charge is -2.46. The lowest BCUT2D eigenvalue weighted by atomic mass is 9.90. The number of rotatable bonds is 3. The molecule has 1 saturated heterocycles. The minimum Gasteiger partial charge on any atom is -0.388 e. The van der Waals surface area contributed by atoms with E-state index < -0.39 is 11.2 Å². The van der Waals surface area contributed by atoms with Crippen LogP contribution < -0.4 is 0 Å². The van der Waals surface area contributed by atoms with Gasteiger partial charge in [0, 0.05) is 19.6 Å². The molecule has 0 radical (unpaired) electrons. The molecule has 0 aliphatic carbocycles. The van der Waals surface area contributed by atoms with Gasteiger partial charge in [0.15, 0.2) is 0 Å². The number of hydrogen-bond acceptors (Lipinski definition) is 3. The van der Waals surface area contributed by atoms with Gasteiger partial charge in [0.2, 0.25) is 0 Å². The first kappa shape index (κ1) is 11.6. The third kappa shape index (κ3) is 2.43. The monoisotopic (exact) mass is 221 g/mol. The van der Waals surface area contributed by atoms with Crippen molar-refractivity contribution in [1.82, 2.24) is 4.90 Å². The summed E-state index contributed by atoms with van der Waals surface area (Å²) in [6.45, 7) is 5.47. The van der Waals surface area contributed by atoms with Crippen molar-refractivity contribution in [3.8, 4) is 0 Å². The Balaban J connectivity index is 1.99. The van der Waals surface area contributed by atoms with Crippen LogP contribution in [0, 0.1) is 0 Å². The van der Waals surface area contributed by atoms with E-state index in [1.165, 1.54) is 0 Å². The van der Waals surface area contributed by atoms with Gasteiger partial charge >= 0.3 is 0 Å². The molecule has 1 heterocycles. The molecule has 1 aliphatic heterocycles. The van der Waals surface area contributed by atoms with E-state index in [1.807, 2.05) is 44.2 Å². The van der Waals surface area contributed by atoms with Crippen molar-refractivity contribution in [2.45, 2.75) is 25.0 Å². The summed E-state index contributed by atoms with van der Waals surface area (Å²) in [6, 6.07) is 9.65. The second-order valence-electron chi connectivity index (χ2n) is 5.28. The Morgan fingerprint density at radius 1 is 1.31 bits per heavy atom. The van der Waals surface area contributed by atoms with Crippen LogP contribution in [0.25, 0.3) is 0 Å². The predicted molar refractivity (Wildman–Crippen MR) is 63.1 cm³/mol. The first-order valence-corrected chi connectivity index (χ1v) is 5.62. The minimum absolute atomic E-state index is 0.563. The Labute approximate surface area is 96.3 Å². The molecular formula is C13H19NO2. The number of hydrogen-bond donors (Lipinski definition) is 2. The van der Waals surface area contributed by atoms with E-state index in [-0.39, 0.29) is 0 Å². The van der Waals surface area contributed by atoms with Gasteiger partial charge < -0.3 is 10.2 Å². The average molecular weight is 221 g/mol. The molecule has 1 aliphatic rings. The second kappa shape index (κ2) is 3.84. The summed E-state index contributed by atoms with van der Waals surface area (Å²) in [5.41, 5.74) is -0.508. The summed E-state index contributed by atoms with van der Waals surface area (Å²) in [5.74, 6) is 0. The molecule has 3 heteroatoms. The Morgan fingerprint density at radius 3 is 2.38 bits per heavy atom. The summed E-state index contributed by atoms with van der Waals surface area (Å²) in [7, 11) is 0. The van der Waals surface area contributed by atoms with Crippen LogP contribution >= 0.6 is 0 Å². The highest BCUT2D eigenvalue weighted by atomic mass is 16.3. The molecule has 2 rings (SSSR count). The lowest BCUT2D eigenvalue weighted by Crippen LogP contribution is -2.62. The third-order valence-corrected chi connectivity index (χ3v) is 3.06. The molecule has 0 saturated carbocycles. The second-order valence-corrected chi connectivity index (χ2v) is 5.28. The third-order valence-electron chi connectivity index (χ3n) is 3.06. The first-order valence-electron chi connectivity index (χ1n) is 5.62. The number of nitrogens with zero attached hydrogens (tertiary/aromatic N) is 1. The number of aliphatic hydroxyl groups is 2. The van der Waals surface area contributed by atoms with Gasteiger partial charge in [-0.3, -0.25) is 4.90 Å². The SMILES string of the molecule is CC1(O)CN(CC(C)(O)c2ccccc2)C1. The summed E-state index contributed by atoms with van der Waals surface area (Å²) >= 11 is 0. The fourth-order valence-electron chi connectivity index (χ4n) is 2.35. The van der Waals surface area contributed by atoms with Crippen molar-refractivity contribution in [1.29, 1.82) is 0 Å². The van der Waals surface area contributed by atoms with E-state index >= 15 is 0 Å². The summed E-state index contributed by atoms with van der Waals surface area (Å²) in [4.78, 5) is 2.06. The van der Waals surface area contributed by atoms with Gasteiger partial charge in [-0.25, -0.2) is 0 Å². The maximum absolute atomic E-state index is 10.4. The molecule has 0 bridgehead atoms.